The molecule has 1 aliphatic carbocycles. The van der Waals surface area contributed by atoms with Gasteiger partial charge in [-0.3, -0.25) is 9.80 Å². The van der Waals surface area contributed by atoms with Crippen molar-refractivity contribution in [3.8, 4) is 0 Å². The monoisotopic (exact) mass is 281 g/mol. The van der Waals surface area contributed by atoms with Gasteiger partial charge in [0.05, 0.1) is 13.2 Å². The van der Waals surface area contributed by atoms with Crippen molar-refractivity contribution in [3.05, 3.63) is 0 Å². The van der Waals surface area contributed by atoms with Crippen molar-refractivity contribution in [2.24, 2.45) is 0 Å². The van der Waals surface area contributed by atoms with E-state index in [1.54, 1.807) is 0 Å². The second-order valence-electron chi connectivity index (χ2n) is 6.64. The van der Waals surface area contributed by atoms with Crippen LogP contribution in [0.4, 0.5) is 0 Å². The zero-order valence-electron chi connectivity index (χ0n) is 13.0. The summed E-state index contributed by atoms with van der Waals surface area (Å²) < 4.78 is 5.48. The van der Waals surface area contributed by atoms with Crippen LogP contribution in [0.3, 0.4) is 0 Å². The van der Waals surface area contributed by atoms with Crippen LogP contribution < -0.4 is 5.32 Å². The Bertz CT molecular complexity index is 293. The van der Waals surface area contributed by atoms with Gasteiger partial charge in [0.1, 0.15) is 0 Å². The molecule has 0 amide bonds. The number of ether oxygens (including phenoxy) is 1. The van der Waals surface area contributed by atoms with Crippen LogP contribution in [0.5, 0.6) is 0 Å². The van der Waals surface area contributed by atoms with Gasteiger partial charge in [-0.1, -0.05) is 13.3 Å². The Morgan fingerprint density at radius 2 is 1.90 bits per heavy atom. The van der Waals surface area contributed by atoms with E-state index in [1.165, 1.54) is 51.7 Å². The lowest BCUT2D eigenvalue weighted by Crippen LogP contribution is -2.49. The number of morpholine rings is 1. The van der Waals surface area contributed by atoms with Gasteiger partial charge in [0, 0.05) is 44.3 Å². The van der Waals surface area contributed by atoms with Gasteiger partial charge in [0.25, 0.3) is 0 Å². The maximum Gasteiger partial charge on any atom is 0.0594 e. The second kappa shape index (κ2) is 7.21. The lowest BCUT2D eigenvalue weighted by molar-refractivity contribution is 0.0173. The molecule has 3 atom stereocenters. The van der Waals surface area contributed by atoms with E-state index < -0.39 is 0 Å². The Morgan fingerprint density at radius 1 is 1.05 bits per heavy atom. The van der Waals surface area contributed by atoms with Crippen molar-refractivity contribution in [3.63, 3.8) is 0 Å². The van der Waals surface area contributed by atoms with E-state index in [-0.39, 0.29) is 0 Å². The summed E-state index contributed by atoms with van der Waals surface area (Å²) in [5.41, 5.74) is 0. The van der Waals surface area contributed by atoms with Crippen LogP contribution in [-0.2, 0) is 4.74 Å². The van der Waals surface area contributed by atoms with E-state index in [2.05, 4.69) is 22.0 Å². The molecule has 116 valence electrons. The molecule has 0 bridgehead atoms. The molecule has 3 rings (SSSR count). The lowest BCUT2D eigenvalue weighted by Gasteiger charge is -2.34. The summed E-state index contributed by atoms with van der Waals surface area (Å²) >= 11 is 0. The molecule has 0 aromatic rings. The molecule has 2 heterocycles. The van der Waals surface area contributed by atoms with E-state index in [9.17, 15) is 0 Å². The van der Waals surface area contributed by atoms with Crippen LogP contribution >= 0.6 is 0 Å². The molecule has 20 heavy (non-hydrogen) atoms. The van der Waals surface area contributed by atoms with Crippen molar-refractivity contribution in [1.29, 1.82) is 0 Å². The molecule has 1 N–H and O–H groups in total. The summed E-state index contributed by atoms with van der Waals surface area (Å²) in [7, 11) is 0. The first-order valence-corrected chi connectivity index (χ1v) is 8.67. The largest absolute Gasteiger partial charge is 0.379 e. The number of hydrogen-bond donors (Lipinski definition) is 1. The highest BCUT2D eigenvalue weighted by atomic mass is 16.5. The fourth-order valence-corrected chi connectivity index (χ4v) is 4.26. The molecule has 0 radical (unpaired) electrons. The standard InChI is InChI=1S/C16H31N3O/c1-2-7-17-15-4-3-5-16(15)19-8-6-14(13-19)18-9-11-20-12-10-18/h14-17H,2-13H2,1H3. The highest BCUT2D eigenvalue weighted by Gasteiger charge is 2.37. The number of rotatable bonds is 5. The van der Waals surface area contributed by atoms with Gasteiger partial charge < -0.3 is 10.1 Å². The summed E-state index contributed by atoms with van der Waals surface area (Å²) in [6, 6.07) is 2.33. The highest BCUT2D eigenvalue weighted by Crippen LogP contribution is 2.28. The molecule has 0 spiro atoms. The Labute approximate surface area is 123 Å². The summed E-state index contributed by atoms with van der Waals surface area (Å²) in [5, 5.41) is 3.78. The van der Waals surface area contributed by atoms with Gasteiger partial charge in [-0.2, -0.15) is 0 Å². The van der Waals surface area contributed by atoms with E-state index in [4.69, 9.17) is 4.74 Å². The molecule has 0 aromatic carbocycles. The zero-order chi connectivity index (χ0) is 13.8. The van der Waals surface area contributed by atoms with Gasteiger partial charge in [0.15, 0.2) is 0 Å². The fourth-order valence-electron chi connectivity index (χ4n) is 4.26. The summed E-state index contributed by atoms with van der Waals surface area (Å²) in [5.74, 6) is 0. The predicted octanol–water partition coefficient (Wildman–Crippen LogP) is 1.31. The van der Waals surface area contributed by atoms with Gasteiger partial charge in [-0.25, -0.2) is 0 Å². The Hall–Kier alpha value is -0.160. The summed E-state index contributed by atoms with van der Waals surface area (Å²) in [6.07, 6.45) is 6.79. The normalized spacial score (nSPS) is 36.8. The molecule has 0 aromatic heterocycles. The first-order valence-electron chi connectivity index (χ1n) is 8.67. The Kier molecular flexibility index (Phi) is 5.32. The quantitative estimate of drug-likeness (QED) is 0.822. The van der Waals surface area contributed by atoms with E-state index >= 15 is 0 Å². The van der Waals surface area contributed by atoms with Gasteiger partial charge in [-0.15, -0.1) is 0 Å². The molecule has 3 unspecified atom stereocenters. The molecule has 3 fully saturated rings. The van der Waals surface area contributed by atoms with Gasteiger partial charge >= 0.3 is 0 Å². The first kappa shape index (κ1) is 14.8. The maximum atomic E-state index is 5.48. The third-order valence-corrected chi connectivity index (χ3v) is 5.36. The highest BCUT2D eigenvalue weighted by molar-refractivity contribution is 4.95. The average Bonchev–Trinajstić information content (AvgIpc) is 3.14. The molecule has 4 heteroatoms. The van der Waals surface area contributed by atoms with E-state index in [0.717, 1.165) is 44.4 Å². The van der Waals surface area contributed by atoms with Crippen molar-refractivity contribution in [1.82, 2.24) is 15.1 Å². The third kappa shape index (κ3) is 3.35. The van der Waals surface area contributed by atoms with Crippen LogP contribution in [0.15, 0.2) is 0 Å². The molecule has 2 saturated heterocycles. The van der Waals surface area contributed by atoms with Crippen LogP contribution in [0, 0.1) is 0 Å². The van der Waals surface area contributed by atoms with Gasteiger partial charge in [-0.05, 0) is 32.2 Å². The maximum absolute atomic E-state index is 5.48. The minimum absolute atomic E-state index is 0.749. The van der Waals surface area contributed by atoms with Gasteiger partial charge in [0.2, 0.25) is 0 Å². The Balaban J connectivity index is 1.50. The number of hydrogen-bond acceptors (Lipinski definition) is 4. The zero-order valence-corrected chi connectivity index (χ0v) is 13.0. The second-order valence-corrected chi connectivity index (χ2v) is 6.64. The molecule has 1 saturated carbocycles. The average molecular weight is 281 g/mol. The molecule has 4 nitrogen and oxygen atoms in total. The SMILES string of the molecule is CCCNC1CCCC1N1CCC(N2CCOCC2)C1. The number of likely N-dealkylation sites (tertiary alicyclic amines) is 1. The van der Waals surface area contributed by atoms with Crippen LogP contribution in [0.25, 0.3) is 0 Å². The summed E-state index contributed by atoms with van der Waals surface area (Å²) in [6.45, 7) is 10.2. The number of nitrogens with one attached hydrogen (secondary N) is 1. The van der Waals surface area contributed by atoms with Crippen LogP contribution in [0.2, 0.25) is 0 Å². The Morgan fingerprint density at radius 3 is 2.70 bits per heavy atom. The third-order valence-electron chi connectivity index (χ3n) is 5.36. The van der Waals surface area contributed by atoms with Crippen LogP contribution in [-0.4, -0.2) is 73.9 Å². The van der Waals surface area contributed by atoms with Crippen molar-refractivity contribution in [2.75, 3.05) is 45.9 Å². The molecular formula is C16H31N3O. The minimum atomic E-state index is 0.749. The topological polar surface area (TPSA) is 27.7 Å². The van der Waals surface area contributed by atoms with E-state index in [1.807, 2.05) is 0 Å². The van der Waals surface area contributed by atoms with Crippen molar-refractivity contribution in [2.45, 2.75) is 57.2 Å². The van der Waals surface area contributed by atoms with Crippen molar-refractivity contribution < 1.29 is 4.74 Å². The molecular weight excluding hydrogens is 250 g/mol. The fraction of sp³-hybridized carbons (Fsp3) is 1.00. The lowest BCUT2D eigenvalue weighted by atomic mass is 10.1. The summed E-state index contributed by atoms with van der Waals surface area (Å²) in [4.78, 5) is 5.44. The van der Waals surface area contributed by atoms with E-state index in [0.29, 0.717) is 0 Å². The first-order chi connectivity index (χ1) is 9.88. The van der Waals surface area contributed by atoms with Crippen molar-refractivity contribution >= 4 is 0 Å². The van der Waals surface area contributed by atoms with Crippen LogP contribution in [0.1, 0.15) is 39.0 Å². The minimum Gasteiger partial charge on any atom is -0.379 e. The predicted molar refractivity (Wildman–Crippen MR) is 82.1 cm³/mol. The number of nitrogens with zero attached hydrogens (tertiary/aromatic N) is 2. The smallest absolute Gasteiger partial charge is 0.0594 e. The molecule has 2 aliphatic heterocycles. The molecule has 3 aliphatic rings.